The van der Waals surface area contributed by atoms with Crippen molar-refractivity contribution < 1.29 is 33.9 Å². The van der Waals surface area contributed by atoms with Crippen molar-refractivity contribution in [3.05, 3.63) is 35.9 Å². The maximum absolute atomic E-state index is 13.7. The van der Waals surface area contributed by atoms with Crippen molar-refractivity contribution in [1.29, 1.82) is 0 Å². The van der Waals surface area contributed by atoms with Crippen molar-refractivity contribution in [2.45, 2.75) is 57.8 Å². The lowest BCUT2D eigenvalue weighted by Gasteiger charge is -2.35. The van der Waals surface area contributed by atoms with Crippen molar-refractivity contribution in [2.75, 3.05) is 20.1 Å². The largest absolute Gasteiger partial charge is 0.481 e. The van der Waals surface area contributed by atoms with Gasteiger partial charge in [0.25, 0.3) is 5.91 Å². The van der Waals surface area contributed by atoms with E-state index in [0.717, 1.165) is 9.91 Å². The molecule has 6 amide bonds. The number of nitrogens with two attached hydrogens (primary N) is 2. The Balaban J connectivity index is 2.50. The van der Waals surface area contributed by atoms with E-state index in [9.17, 15) is 33.9 Å². The molecule has 1 aliphatic rings. The smallest absolute Gasteiger partial charge is 0.339 e. The monoisotopic (exact) mass is 589 g/mol. The number of aliphatic carboxylic acids is 1. The second kappa shape index (κ2) is 15.8. The number of guanidine groups is 1. The van der Waals surface area contributed by atoms with Crippen LogP contribution in [0.3, 0.4) is 0 Å². The first-order valence-electron chi connectivity index (χ1n) is 13.3. The Morgan fingerprint density at radius 3 is 2.29 bits per heavy atom. The quantitative estimate of drug-likeness (QED) is 0.0977. The van der Waals surface area contributed by atoms with Gasteiger partial charge in [0.1, 0.15) is 18.1 Å². The molecule has 16 heteroatoms. The predicted molar refractivity (Wildman–Crippen MR) is 151 cm³/mol. The number of hydrazine groups is 1. The summed E-state index contributed by atoms with van der Waals surface area (Å²) >= 11 is 0. The van der Waals surface area contributed by atoms with Gasteiger partial charge in [-0.3, -0.25) is 34.4 Å². The van der Waals surface area contributed by atoms with Crippen LogP contribution in [0.25, 0.3) is 0 Å². The number of urea groups is 1. The predicted octanol–water partition coefficient (Wildman–Crippen LogP) is -1.78. The Kier molecular flexibility index (Phi) is 12.5. The average molecular weight is 590 g/mol. The number of nitrogens with zero attached hydrogens (tertiary/aromatic N) is 3. The summed E-state index contributed by atoms with van der Waals surface area (Å²) in [7, 11) is 1.37. The first kappa shape index (κ1) is 33.3. The number of likely N-dealkylation sites (N-methyl/N-ethyl adjacent to an activating group) is 1. The van der Waals surface area contributed by atoms with Gasteiger partial charge < -0.3 is 37.4 Å². The number of hydrogen-bond donors (Lipinski definition) is 7. The molecule has 9 N–H and O–H groups in total. The van der Waals surface area contributed by atoms with Crippen LogP contribution in [0.15, 0.2) is 35.3 Å². The van der Waals surface area contributed by atoms with E-state index in [-0.39, 0.29) is 25.5 Å². The van der Waals surface area contributed by atoms with Crippen LogP contribution in [0.1, 0.15) is 38.7 Å². The molecule has 1 aromatic carbocycles. The third kappa shape index (κ3) is 10.3. The van der Waals surface area contributed by atoms with Crippen LogP contribution in [-0.2, 0) is 30.5 Å². The highest BCUT2D eigenvalue weighted by atomic mass is 16.4. The Morgan fingerprint density at radius 2 is 1.69 bits per heavy atom. The molecule has 0 aromatic heterocycles. The lowest BCUT2D eigenvalue weighted by Crippen LogP contribution is -2.60. The zero-order valence-electron chi connectivity index (χ0n) is 23.8. The molecule has 1 fully saturated rings. The summed E-state index contributed by atoms with van der Waals surface area (Å²) in [5, 5.41) is 17.6. The number of rotatable bonds is 9. The van der Waals surface area contributed by atoms with Gasteiger partial charge in [-0.15, -0.1) is 0 Å². The van der Waals surface area contributed by atoms with Crippen molar-refractivity contribution in [3.8, 4) is 0 Å². The number of aliphatic imine (C=N–C) groups is 1. The Labute approximate surface area is 243 Å². The van der Waals surface area contributed by atoms with E-state index in [1.807, 2.05) is 0 Å². The summed E-state index contributed by atoms with van der Waals surface area (Å²) in [5.41, 5.74) is 13.7. The second-order valence-electron chi connectivity index (χ2n) is 10.1. The summed E-state index contributed by atoms with van der Waals surface area (Å²) in [4.78, 5) is 82.6. The second-order valence-corrected chi connectivity index (χ2v) is 10.1. The number of carboxylic acid groups (broad SMARTS) is 1. The Hall–Kier alpha value is -4.89. The van der Waals surface area contributed by atoms with Gasteiger partial charge in [0.2, 0.25) is 17.7 Å². The molecule has 0 radical (unpaired) electrons. The van der Waals surface area contributed by atoms with E-state index in [0.29, 0.717) is 12.0 Å². The Morgan fingerprint density at radius 1 is 1.02 bits per heavy atom. The number of carboxylic acids is 1. The van der Waals surface area contributed by atoms with Gasteiger partial charge >= 0.3 is 12.0 Å². The lowest BCUT2D eigenvalue weighted by molar-refractivity contribution is -0.141. The molecule has 230 valence electrons. The first-order valence-corrected chi connectivity index (χ1v) is 13.3. The van der Waals surface area contributed by atoms with Gasteiger partial charge in [-0.2, -0.15) is 0 Å². The van der Waals surface area contributed by atoms with Crippen LogP contribution in [0, 0.1) is 5.92 Å². The van der Waals surface area contributed by atoms with Crippen LogP contribution in [0.4, 0.5) is 4.79 Å². The van der Waals surface area contributed by atoms with Gasteiger partial charge in [-0.25, -0.2) is 9.80 Å². The zero-order chi connectivity index (χ0) is 31.4. The standard InChI is InChI=1S/C26H39N9O7/c1-15(2)21-24(41)32-17(10-7-11-29-25(27)28)22(39)30-13-19(36)31-18(12-20(37)38)23(40)33-35(26(42)34(21)3)14-16-8-5-4-6-9-16/h4-6,8-9,15,17-18,21H,7,10-14H2,1-3H3,(H,30,39)(H,31,36)(H,32,41)(H,33,40)(H,37,38)(H4,27,28,29)/t17-,18-,21-/m0/s1. The number of nitrogens with one attached hydrogen (secondary N) is 4. The third-order valence-electron chi connectivity index (χ3n) is 6.31. The number of carbonyl (C=O) groups excluding carboxylic acids is 5. The van der Waals surface area contributed by atoms with Crippen molar-refractivity contribution in [2.24, 2.45) is 22.4 Å². The fraction of sp³-hybridized carbons (Fsp3) is 0.500. The summed E-state index contributed by atoms with van der Waals surface area (Å²) in [6.45, 7) is 2.85. The molecule has 0 saturated carbocycles. The van der Waals surface area contributed by atoms with E-state index in [2.05, 4.69) is 26.4 Å². The maximum atomic E-state index is 13.7. The van der Waals surface area contributed by atoms with Crippen LogP contribution >= 0.6 is 0 Å². The molecule has 2 rings (SSSR count). The Bertz CT molecular complexity index is 1170. The maximum Gasteiger partial charge on any atom is 0.339 e. The molecular weight excluding hydrogens is 550 g/mol. The molecule has 1 heterocycles. The van der Waals surface area contributed by atoms with Crippen molar-refractivity contribution in [3.63, 3.8) is 0 Å². The molecule has 0 unspecified atom stereocenters. The van der Waals surface area contributed by atoms with Gasteiger partial charge in [0.05, 0.1) is 19.5 Å². The highest BCUT2D eigenvalue weighted by Crippen LogP contribution is 2.15. The zero-order valence-corrected chi connectivity index (χ0v) is 23.8. The summed E-state index contributed by atoms with van der Waals surface area (Å²) in [6.07, 6.45) is -0.398. The van der Waals surface area contributed by atoms with Crippen LogP contribution < -0.4 is 32.8 Å². The van der Waals surface area contributed by atoms with Gasteiger partial charge in [0.15, 0.2) is 5.96 Å². The molecule has 1 aromatic rings. The van der Waals surface area contributed by atoms with Crippen molar-refractivity contribution >= 4 is 41.6 Å². The summed E-state index contributed by atoms with van der Waals surface area (Å²) < 4.78 is 0. The fourth-order valence-electron chi connectivity index (χ4n) is 4.32. The molecule has 42 heavy (non-hydrogen) atoms. The normalized spacial score (nSPS) is 21.0. The van der Waals surface area contributed by atoms with Gasteiger partial charge in [-0.05, 0) is 24.3 Å². The van der Waals surface area contributed by atoms with E-state index >= 15 is 0 Å². The topological polar surface area (TPSA) is 242 Å². The van der Waals surface area contributed by atoms with Crippen molar-refractivity contribution in [1.82, 2.24) is 31.3 Å². The minimum absolute atomic E-state index is 0.0975. The minimum Gasteiger partial charge on any atom is -0.481 e. The molecule has 0 spiro atoms. The number of hydrogen-bond acceptors (Lipinski definition) is 7. The highest BCUT2D eigenvalue weighted by molar-refractivity contribution is 5.96. The van der Waals surface area contributed by atoms with Gasteiger partial charge in [0, 0.05) is 13.6 Å². The summed E-state index contributed by atoms with van der Waals surface area (Å²) in [6, 6.07) is 4.08. The first-order chi connectivity index (χ1) is 19.8. The lowest BCUT2D eigenvalue weighted by atomic mass is 10.0. The number of amides is 6. The third-order valence-corrected chi connectivity index (χ3v) is 6.31. The molecule has 3 atom stereocenters. The summed E-state index contributed by atoms with van der Waals surface area (Å²) in [5.74, 6) is -5.14. The molecule has 0 bridgehead atoms. The molecule has 1 aliphatic heterocycles. The fourth-order valence-corrected chi connectivity index (χ4v) is 4.32. The van der Waals surface area contributed by atoms with E-state index in [4.69, 9.17) is 11.5 Å². The number of carbonyl (C=O) groups is 6. The molecule has 16 nitrogen and oxygen atoms in total. The molecule has 1 saturated heterocycles. The average Bonchev–Trinajstić information content (AvgIpc) is 2.91. The van der Waals surface area contributed by atoms with Crippen LogP contribution in [0.5, 0.6) is 0 Å². The van der Waals surface area contributed by atoms with Crippen LogP contribution in [0.2, 0.25) is 0 Å². The molecule has 0 aliphatic carbocycles. The van der Waals surface area contributed by atoms with E-state index in [1.54, 1.807) is 44.2 Å². The van der Waals surface area contributed by atoms with Crippen LogP contribution in [-0.4, -0.2) is 94.9 Å². The van der Waals surface area contributed by atoms with E-state index < -0.39 is 72.6 Å². The number of benzene rings is 1. The van der Waals surface area contributed by atoms with E-state index in [1.165, 1.54) is 7.05 Å². The van der Waals surface area contributed by atoms with Gasteiger partial charge in [-0.1, -0.05) is 44.2 Å². The molecular formula is C26H39N9O7. The minimum atomic E-state index is -1.58. The highest BCUT2D eigenvalue weighted by Gasteiger charge is 2.36. The SMILES string of the molecule is CC(C)[C@H]1C(=O)N[C@@H](CCCN=C(N)N)C(=O)NCC(=O)N[C@@H](CC(=O)O)C(=O)NN(Cc2ccccc2)C(=O)N1C.